The fourth-order valence-corrected chi connectivity index (χ4v) is 3.98. The van der Waals surface area contributed by atoms with Crippen LogP contribution in [-0.2, 0) is 5.75 Å². The zero-order chi connectivity index (χ0) is 23.2. The van der Waals surface area contributed by atoms with Gasteiger partial charge < -0.3 is 14.5 Å². The lowest BCUT2D eigenvalue weighted by molar-refractivity contribution is 0.0846. The summed E-state index contributed by atoms with van der Waals surface area (Å²) in [6.07, 6.45) is 0. The van der Waals surface area contributed by atoms with Gasteiger partial charge in [-0.25, -0.2) is 4.98 Å². The summed E-state index contributed by atoms with van der Waals surface area (Å²) in [5, 5.41) is 0.843. The Morgan fingerprint density at radius 1 is 0.879 bits per heavy atom. The number of thioether (sulfide) groups is 1. The number of ether oxygens (including phenoxy) is 2. The van der Waals surface area contributed by atoms with Crippen LogP contribution in [-0.4, -0.2) is 36.0 Å². The van der Waals surface area contributed by atoms with Gasteiger partial charge in [-0.1, -0.05) is 36.0 Å². The topological polar surface area (TPSA) is 105 Å². The van der Waals surface area contributed by atoms with Gasteiger partial charge in [-0.2, -0.15) is 0 Å². The fraction of sp³-hybridized carbons (Fsp3) is 0.125. The number of nitrogens with one attached hydrogen (secondary N) is 3. The molecule has 0 spiro atoms. The molecule has 168 valence electrons. The Kier molecular flexibility index (Phi) is 6.80. The first-order valence-corrected chi connectivity index (χ1v) is 11.0. The van der Waals surface area contributed by atoms with E-state index in [1.165, 1.54) is 20.3 Å². The molecule has 0 saturated heterocycles. The third-order valence-electron chi connectivity index (χ3n) is 4.89. The van der Waals surface area contributed by atoms with Crippen LogP contribution in [0.1, 0.15) is 26.3 Å². The molecule has 33 heavy (non-hydrogen) atoms. The van der Waals surface area contributed by atoms with Crippen molar-refractivity contribution in [2.45, 2.75) is 10.9 Å². The summed E-state index contributed by atoms with van der Waals surface area (Å²) in [5.74, 6) is 0.755. The second-order valence-corrected chi connectivity index (χ2v) is 7.99. The minimum atomic E-state index is -0.469. The Bertz CT molecular complexity index is 1250. The van der Waals surface area contributed by atoms with Gasteiger partial charge in [-0.15, -0.1) is 0 Å². The van der Waals surface area contributed by atoms with Crippen LogP contribution < -0.4 is 20.3 Å². The van der Waals surface area contributed by atoms with Gasteiger partial charge in [-0.05, 0) is 48.0 Å². The third kappa shape index (κ3) is 5.27. The van der Waals surface area contributed by atoms with E-state index in [9.17, 15) is 9.59 Å². The van der Waals surface area contributed by atoms with Crippen molar-refractivity contribution in [3.8, 4) is 11.5 Å². The number of rotatable bonds is 7. The summed E-state index contributed by atoms with van der Waals surface area (Å²) >= 11 is 1.59. The summed E-state index contributed by atoms with van der Waals surface area (Å²) in [4.78, 5) is 32.6. The molecule has 9 heteroatoms. The molecule has 2 amide bonds. The highest BCUT2D eigenvalue weighted by molar-refractivity contribution is 7.98. The van der Waals surface area contributed by atoms with E-state index in [1.807, 2.05) is 36.4 Å². The van der Waals surface area contributed by atoms with E-state index in [0.717, 1.165) is 21.8 Å². The predicted octanol–water partition coefficient (Wildman–Crippen LogP) is 3.95. The molecule has 8 nitrogen and oxygen atoms in total. The highest BCUT2D eigenvalue weighted by Crippen LogP contribution is 2.27. The Morgan fingerprint density at radius 3 is 2.24 bits per heavy atom. The fourth-order valence-electron chi connectivity index (χ4n) is 3.14. The van der Waals surface area contributed by atoms with Crippen LogP contribution in [0.4, 0.5) is 0 Å². The van der Waals surface area contributed by atoms with Gasteiger partial charge in [0.1, 0.15) is 0 Å². The Morgan fingerprint density at radius 2 is 1.55 bits per heavy atom. The molecule has 0 atom stereocenters. The molecule has 0 radical (unpaired) electrons. The number of hydrogen-bond donors (Lipinski definition) is 3. The molecule has 0 aliphatic heterocycles. The minimum Gasteiger partial charge on any atom is -0.493 e. The first kappa shape index (κ1) is 22.2. The van der Waals surface area contributed by atoms with Gasteiger partial charge >= 0.3 is 0 Å². The Balaban J connectivity index is 1.31. The highest BCUT2D eigenvalue weighted by atomic mass is 32.2. The number of H-pyrrole nitrogens is 1. The van der Waals surface area contributed by atoms with Gasteiger partial charge in [0.2, 0.25) is 0 Å². The predicted molar refractivity (Wildman–Crippen MR) is 127 cm³/mol. The summed E-state index contributed by atoms with van der Waals surface area (Å²) in [5.41, 5.74) is 8.57. The van der Waals surface area contributed by atoms with Crippen LogP contribution in [0.2, 0.25) is 0 Å². The molecule has 4 aromatic rings. The molecule has 0 aliphatic carbocycles. The van der Waals surface area contributed by atoms with E-state index in [1.54, 1.807) is 36.0 Å². The van der Waals surface area contributed by atoms with E-state index >= 15 is 0 Å². The van der Waals surface area contributed by atoms with Crippen LogP contribution >= 0.6 is 11.8 Å². The zero-order valence-corrected chi connectivity index (χ0v) is 18.9. The van der Waals surface area contributed by atoms with E-state index in [0.29, 0.717) is 28.4 Å². The standard InChI is InChI=1S/C24H22N4O4S/c1-31-20-12-11-17(13-21(20)32-2)23(30)28-27-22(29)16-9-7-15(8-10-16)14-33-24-25-18-5-3-4-6-19(18)26-24/h3-13H,14H2,1-2H3,(H,25,26)(H,27,29)(H,28,30). The summed E-state index contributed by atoms with van der Waals surface area (Å²) in [6, 6.07) is 19.8. The molecular weight excluding hydrogens is 440 g/mol. The van der Waals surface area contributed by atoms with Crippen LogP contribution in [0, 0.1) is 0 Å². The van der Waals surface area contributed by atoms with Crippen molar-refractivity contribution in [3.05, 3.63) is 83.4 Å². The largest absolute Gasteiger partial charge is 0.493 e. The first-order chi connectivity index (χ1) is 16.1. The van der Waals surface area contributed by atoms with E-state index in [4.69, 9.17) is 9.47 Å². The molecular formula is C24H22N4O4S. The zero-order valence-electron chi connectivity index (χ0n) is 18.0. The van der Waals surface area contributed by atoms with E-state index in [2.05, 4.69) is 20.8 Å². The lowest BCUT2D eigenvalue weighted by Crippen LogP contribution is -2.41. The maximum absolute atomic E-state index is 12.4. The number of amides is 2. The highest BCUT2D eigenvalue weighted by Gasteiger charge is 2.12. The number of carbonyl (C=O) groups excluding carboxylic acids is 2. The third-order valence-corrected chi connectivity index (χ3v) is 5.84. The lowest BCUT2D eigenvalue weighted by atomic mass is 10.1. The van der Waals surface area contributed by atoms with Crippen molar-refractivity contribution in [2.75, 3.05) is 14.2 Å². The monoisotopic (exact) mass is 462 g/mol. The van der Waals surface area contributed by atoms with Crippen LogP contribution in [0.15, 0.2) is 71.9 Å². The first-order valence-electron chi connectivity index (χ1n) is 10.1. The van der Waals surface area contributed by atoms with Gasteiger partial charge in [-0.3, -0.25) is 20.4 Å². The molecule has 1 heterocycles. The number of carbonyl (C=O) groups is 2. The number of imidazole rings is 1. The van der Waals surface area contributed by atoms with Crippen molar-refractivity contribution in [2.24, 2.45) is 0 Å². The number of benzene rings is 3. The average molecular weight is 463 g/mol. The van der Waals surface area contributed by atoms with Crippen molar-refractivity contribution < 1.29 is 19.1 Å². The molecule has 4 rings (SSSR count). The lowest BCUT2D eigenvalue weighted by Gasteiger charge is -2.11. The van der Waals surface area contributed by atoms with Crippen molar-refractivity contribution in [3.63, 3.8) is 0 Å². The van der Waals surface area contributed by atoms with Gasteiger partial charge in [0.15, 0.2) is 16.7 Å². The SMILES string of the molecule is COc1ccc(C(=O)NNC(=O)c2ccc(CSc3nc4ccccc4[nH]3)cc2)cc1OC. The average Bonchev–Trinajstić information content (AvgIpc) is 3.28. The second-order valence-electron chi connectivity index (χ2n) is 7.02. The molecule has 0 fully saturated rings. The van der Waals surface area contributed by atoms with Gasteiger partial charge in [0, 0.05) is 16.9 Å². The molecule has 0 aliphatic rings. The molecule has 3 N–H and O–H groups in total. The van der Waals surface area contributed by atoms with Gasteiger partial charge in [0.05, 0.1) is 25.3 Å². The number of aromatic nitrogens is 2. The molecule has 0 saturated carbocycles. The van der Waals surface area contributed by atoms with E-state index < -0.39 is 11.8 Å². The molecule has 0 bridgehead atoms. The molecule has 1 aromatic heterocycles. The van der Waals surface area contributed by atoms with Gasteiger partial charge in [0.25, 0.3) is 11.8 Å². The quantitative estimate of drug-likeness (QED) is 0.284. The number of aromatic amines is 1. The van der Waals surface area contributed by atoms with Crippen molar-refractivity contribution in [1.82, 2.24) is 20.8 Å². The summed E-state index contributed by atoms with van der Waals surface area (Å²) in [7, 11) is 3.00. The molecule has 0 unspecified atom stereocenters. The number of nitrogens with zero attached hydrogens (tertiary/aromatic N) is 1. The Labute approximate surface area is 194 Å². The number of para-hydroxylation sites is 2. The normalized spacial score (nSPS) is 10.6. The number of methoxy groups -OCH3 is 2. The number of fused-ring (bicyclic) bond motifs is 1. The molecule has 3 aromatic carbocycles. The maximum Gasteiger partial charge on any atom is 0.269 e. The second kappa shape index (κ2) is 10.1. The van der Waals surface area contributed by atoms with Crippen molar-refractivity contribution >= 4 is 34.6 Å². The van der Waals surface area contributed by atoms with Crippen LogP contribution in [0.3, 0.4) is 0 Å². The Hall–Kier alpha value is -3.98. The number of hydrazine groups is 1. The van der Waals surface area contributed by atoms with Crippen LogP contribution in [0.5, 0.6) is 11.5 Å². The van der Waals surface area contributed by atoms with Crippen LogP contribution in [0.25, 0.3) is 11.0 Å². The smallest absolute Gasteiger partial charge is 0.269 e. The van der Waals surface area contributed by atoms with E-state index in [-0.39, 0.29) is 0 Å². The summed E-state index contributed by atoms with van der Waals surface area (Å²) in [6.45, 7) is 0. The van der Waals surface area contributed by atoms with Crippen molar-refractivity contribution in [1.29, 1.82) is 0 Å². The number of hydrogen-bond acceptors (Lipinski definition) is 6. The maximum atomic E-state index is 12.4. The minimum absolute atomic E-state index is 0.325. The summed E-state index contributed by atoms with van der Waals surface area (Å²) < 4.78 is 10.4.